The number of nitrogen functional groups attached to an aromatic ring is 1. The van der Waals surface area contributed by atoms with Crippen molar-refractivity contribution in [2.75, 3.05) is 18.9 Å². The maximum atomic E-state index is 9.90. The third-order valence-corrected chi connectivity index (χ3v) is 3.30. The molecule has 1 rings (SSSR count). The van der Waals surface area contributed by atoms with Crippen molar-refractivity contribution < 1.29 is 9.84 Å². The van der Waals surface area contributed by atoms with Crippen molar-refractivity contribution in [1.82, 2.24) is 5.32 Å². The SMILES string of the molecule is CCC(C)(C)NCC(O)COc1cc(C)ccc1N.Cl.Cl. The summed E-state index contributed by atoms with van der Waals surface area (Å²) >= 11 is 0. The molecule has 0 radical (unpaired) electrons. The number of aliphatic hydroxyl groups excluding tert-OH is 1. The predicted molar refractivity (Wildman–Crippen MR) is 94.0 cm³/mol. The van der Waals surface area contributed by atoms with Gasteiger partial charge >= 0.3 is 0 Å². The highest BCUT2D eigenvalue weighted by atomic mass is 35.5. The van der Waals surface area contributed by atoms with E-state index in [1.165, 1.54) is 0 Å². The number of aryl methyl sites for hydroxylation is 1. The Kier molecular flexibility index (Phi) is 10.9. The van der Waals surface area contributed by atoms with Gasteiger partial charge in [0.2, 0.25) is 0 Å². The summed E-state index contributed by atoms with van der Waals surface area (Å²) in [6.45, 7) is 9.06. The van der Waals surface area contributed by atoms with Crippen molar-refractivity contribution in [1.29, 1.82) is 0 Å². The summed E-state index contributed by atoms with van der Waals surface area (Å²) in [5.41, 5.74) is 7.53. The fourth-order valence-corrected chi connectivity index (χ4v) is 1.53. The topological polar surface area (TPSA) is 67.5 Å². The average molecular weight is 339 g/mol. The predicted octanol–water partition coefficient (Wildman–Crippen LogP) is 2.94. The first-order valence-electron chi connectivity index (χ1n) is 6.76. The molecule has 1 aromatic rings. The summed E-state index contributed by atoms with van der Waals surface area (Å²) in [7, 11) is 0. The summed E-state index contributed by atoms with van der Waals surface area (Å²) < 4.78 is 5.56. The number of β-amino-alcohol motifs (C(OH)–C–C–N with tert-alkyl or cyclic N) is 1. The molecule has 0 aliphatic heterocycles. The van der Waals surface area contributed by atoms with Crippen molar-refractivity contribution in [3.8, 4) is 5.75 Å². The molecule has 4 nitrogen and oxygen atoms in total. The molecule has 0 aliphatic rings. The van der Waals surface area contributed by atoms with E-state index in [1.54, 1.807) is 0 Å². The zero-order valence-corrected chi connectivity index (χ0v) is 14.8. The summed E-state index contributed by atoms with van der Waals surface area (Å²) in [4.78, 5) is 0. The zero-order chi connectivity index (χ0) is 14.5. The minimum atomic E-state index is -0.550. The summed E-state index contributed by atoms with van der Waals surface area (Å²) in [5, 5.41) is 13.2. The van der Waals surface area contributed by atoms with Gasteiger partial charge in [-0.05, 0) is 44.9 Å². The number of hydrogen-bond acceptors (Lipinski definition) is 4. The van der Waals surface area contributed by atoms with Crippen molar-refractivity contribution in [3.63, 3.8) is 0 Å². The van der Waals surface area contributed by atoms with E-state index in [0.29, 0.717) is 18.0 Å². The van der Waals surface area contributed by atoms with E-state index < -0.39 is 6.10 Å². The lowest BCUT2D eigenvalue weighted by Gasteiger charge is -2.26. The molecule has 1 unspecified atom stereocenters. The average Bonchev–Trinajstić information content (AvgIpc) is 2.37. The first kappa shape index (κ1) is 22.6. The smallest absolute Gasteiger partial charge is 0.142 e. The number of nitrogens with one attached hydrogen (secondary N) is 1. The Labute approximate surface area is 140 Å². The molecule has 0 aromatic heterocycles. The number of rotatable bonds is 7. The minimum Gasteiger partial charge on any atom is -0.489 e. The summed E-state index contributed by atoms with van der Waals surface area (Å²) in [6.07, 6.45) is 0.455. The highest BCUT2D eigenvalue weighted by Gasteiger charge is 2.16. The van der Waals surface area contributed by atoms with Gasteiger partial charge in [-0.3, -0.25) is 0 Å². The van der Waals surface area contributed by atoms with Crippen LogP contribution in [0, 0.1) is 6.92 Å². The van der Waals surface area contributed by atoms with Gasteiger partial charge in [-0.25, -0.2) is 0 Å². The van der Waals surface area contributed by atoms with Gasteiger partial charge in [0, 0.05) is 12.1 Å². The number of benzene rings is 1. The number of anilines is 1. The Morgan fingerprint density at radius 3 is 2.52 bits per heavy atom. The maximum Gasteiger partial charge on any atom is 0.142 e. The highest BCUT2D eigenvalue weighted by Crippen LogP contribution is 2.22. The van der Waals surface area contributed by atoms with Crippen LogP contribution in [-0.4, -0.2) is 29.9 Å². The summed E-state index contributed by atoms with van der Waals surface area (Å²) in [6, 6.07) is 5.63. The number of ether oxygens (including phenoxy) is 1. The fourth-order valence-electron chi connectivity index (χ4n) is 1.53. The number of aliphatic hydroxyl groups is 1. The largest absolute Gasteiger partial charge is 0.489 e. The Morgan fingerprint density at radius 2 is 1.95 bits per heavy atom. The molecular formula is C15H28Cl2N2O2. The van der Waals surface area contributed by atoms with Crippen molar-refractivity contribution in [2.24, 2.45) is 0 Å². The van der Waals surface area contributed by atoms with E-state index in [9.17, 15) is 5.11 Å². The van der Waals surface area contributed by atoms with Gasteiger partial charge in [-0.1, -0.05) is 13.0 Å². The van der Waals surface area contributed by atoms with Gasteiger partial charge < -0.3 is 20.9 Å². The molecule has 0 heterocycles. The number of hydrogen-bond donors (Lipinski definition) is 3. The molecule has 0 saturated heterocycles. The van der Waals surface area contributed by atoms with E-state index in [2.05, 4.69) is 26.1 Å². The molecule has 0 amide bonds. The third-order valence-electron chi connectivity index (χ3n) is 3.30. The molecule has 0 aliphatic carbocycles. The lowest BCUT2D eigenvalue weighted by atomic mass is 10.0. The van der Waals surface area contributed by atoms with Crippen LogP contribution in [0.25, 0.3) is 0 Å². The molecule has 4 N–H and O–H groups in total. The van der Waals surface area contributed by atoms with Crippen molar-refractivity contribution in [2.45, 2.75) is 45.8 Å². The van der Waals surface area contributed by atoms with Crippen LogP contribution in [0.15, 0.2) is 18.2 Å². The first-order valence-corrected chi connectivity index (χ1v) is 6.76. The van der Waals surface area contributed by atoms with Crippen molar-refractivity contribution >= 4 is 30.5 Å². The van der Waals surface area contributed by atoms with Gasteiger partial charge in [0.25, 0.3) is 0 Å². The highest BCUT2D eigenvalue weighted by molar-refractivity contribution is 5.85. The Morgan fingerprint density at radius 1 is 1.33 bits per heavy atom. The fraction of sp³-hybridized carbons (Fsp3) is 0.600. The second-order valence-electron chi connectivity index (χ2n) is 5.62. The van der Waals surface area contributed by atoms with Crippen LogP contribution in [0.4, 0.5) is 5.69 Å². The molecule has 1 aromatic carbocycles. The maximum absolute atomic E-state index is 9.90. The third kappa shape index (κ3) is 8.37. The Hall–Kier alpha value is -0.680. The van der Waals surface area contributed by atoms with Gasteiger partial charge in [-0.15, -0.1) is 24.8 Å². The van der Waals surface area contributed by atoms with Crippen LogP contribution in [0.1, 0.15) is 32.8 Å². The molecule has 0 spiro atoms. The van der Waals surface area contributed by atoms with E-state index >= 15 is 0 Å². The standard InChI is InChI=1S/C15H26N2O2.2ClH/c1-5-15(3,4)17-9-12(18)10-19-14-8-11(2)6-7-13(14)16;;/h6-8,12,17-18H,5,9-10,16H2,1-4H3;2*1H. The van der Waals surface area contributed by atoms with Gasteiger partial charge in [0.15, 0.2) is 0 Å². The molecule has 1 atom stereocenters. The zero-order valence-electron chi connectivity index (χ0n) is 13.2. The lowest BCUT2D eigenvalue weighted by molar-refractivity contribution is 0.0989. The van der Waals surface area contributed by atoms with Crippen LogP contribution >= 0.6 is 24.8 Å². The monoisotopic (exact) mass is 338 g/mol. The van der Waals surface area contributed by atoms with Gasteiger partial charge in [-0.2, -0.15) is 0 Å². The van der Waals surface area contributed by atoms with Gasteiger partial charge in [0.05, 0.1) is 5.69 Å². The molecular weight excluding hydrogens is 311 g/mol. The normalized spacial score (nSPS) is 12.0. The Balaban J connectivity index is 0. The molecule has 6 heteroatoms. The van der Waals surface area contributed by atoms with E-state index in [0.717, 1.165) is 12.0 Å². The molecule has 124 valence electrons. The lowest BCUT2D eigenvalue weighted by Crippen LogP contribution is -2.44. The molecule has 0 fully saturated rings. The molecule has 21 heavy (non-hydrogen) atoms. The molecule has 0 saturated carbocycles. The molecule has 0 bridgehead atoms. The van der Waals surface area contributed by atoms with Gasteiger partial charge in [0.1, 0.15) is 18.5 Å². The Bertz CT molecular complexity index is 415. The second kappa shape index (κ2) is 10.1. The van der Waals surface area contributed by atoms with E-state index in [-0.39, 0.29) is 37.0 Å². The second-order valence-corrected chi connectivity index (χ2v) is 5.62. The quantitative estimate of drug-likeness (QED) is 0.668. The van der Waals surface area contributed by atoms with Crippen LogP contribution in [-0.2, 0) is 0 Å². The van der Waals surface area contributed by atoms with E-state index in [1.807, 2.05) is 25.1 Å². The minimum absolute atomic E-state index is 0. The number of halogens is 2. The number of nitrogens with two attached hydrogens (primary N) is 1. The summed E-state index contributed by atoms with van der Waals surface area (Å²) in [5.74, 6) is 0.633. The van der Waals surface area contributed by atoms with Crippen LogP contribution in [0.5, 0.6) is 5.75 Å². The first-order chi connectivity index (χ1) is 8.84. The van der Waals surface area contributed by atoms with E-state index in [4.69, 9.17) is 10.5 Å². The van der Waals surface area contributed by atoms with Crippen molar-refractivity contribution in [3.05, 3.63) is 23.8 Å². The van der Waals surface area contributed by atoms with Crippen LogP contribution < -0.4 is 15.8 Å². The van der Waals surface area contributed by atoms with Crippen LogP contribution in [0.2, 0.25) is 0 Å². The van der Waals surface area contributed by atoms with Crippen LogP contribution in [0.3, 0.4) is 0 Å².